The second-order valence-electron chi connectivity index (χ2n) is 3.94. The number of aromatic nitrogens is 2. The molecule has 0 aliphatic carbocycles. The summed E-state index contributed by atoms with van der Waals surface area (Å²) in [5, 5.41) is 18.2. The molecule has 0 radical (unpaired) electrons. The zero-order chi connectivity index (χ0) is 14.6. The molecular weight excluding hydrogens is 309 g/mol. The van der Waals surface area contributed by atoms with Gasteiger partial charge < -0.3 is 5.11 Å². The van der Waals surface area contributed by atoms with E-state index >= 15 is 0 Å². The molecule has 0 saturated heterocycles. The number of thioether (sulfide) groups is 1. The molecule has 0 spiro atoms. The maximum absolute atomic E-state index is 12.1. The fourth-order valence-corrected chi connectivity index (χ4v) is 3.25. The van der Waals surface area contributed by atoms with Crippen LogP contribution in [0.5, 0.6) is 0 Å². The first-order valence-corrected chi connectivity index (χ1v) is 7.64. The van der Waals surface area contributed by atoms with Crippen LogP contribution in [0.25, 0.3) is 10.6 Å². The second-order valence-corrected chi connectivity index (χ2v) is 6.03. The third-order valence-electron chi connectivity index (χ3n) is 2.37. The van der Waals surface area contributed by atoms with Crippen LogP contribution in [0.3, 0.4) is 0 Å². The third kappa shape index (κ3) is 4.19. The lowest BCUT2D eigenvalue weighted by Gasteiger charge is -2.12. The van der Waals surface area contributed by atoms with Gasteiger partial charge in [0.15, 0.2) is 6.10 Å². The van der Waals surface area contributed by atoms with E-state index in [1.54, 1.807) is 0 Å². The largest absolute Gasteiger partial charge is 0.415 e. The number of rotatable bonds is 5. The Bertz CT molecular complexity index is 545. The van der Waals surface area contributed by atoms with E-state index < -0.39 is 18.0 Å². The monoisotopic (exact) mass is 320 g/mol. The highest BCUT2D eigenvalue weighted by Crippen LogP contribution is 2.27. The minimum absolute atomic E-state index is 0.303. The molecule has 0 bridgehead atoms. The van der Waals surface area contributed by atoms with E-state index in [2.05, 4.69) is 10.2 Å². The van der Waals surface area contributed by atoms with E-state index in [4.69, 9.17) is 5.11 Å². The first-order chi connectivity index (χ1) is 9.47. The molecule has 1 aromatic heterocycles. The zero-order valence-electron chi connectivity index (χ0n) is 10.2. The minimum Gasteiger partial charge on any atom is -0.383 e. The van der Waals surface area contributed by atoms with Crippen molar-refractivity contribution in [3.05, 3.63) is 35.3 Å². The highest BCUT2D eigenvalue weighted by atomic mass is 32.2. The molecule has 1 unspecified atom stereocenters. The van der Waals surface area contributed by atoms with Gasteiger partial charge in [-0.2, -0.15) is 24.9 Å². The number of alkyl halides is 3. The van der Waals surface area contributed by atoms with Crippen molar-refractivity contribution in [2.24, 2.45) is 0 Å². The predicted molar refractivity (Wildman–Crippen MR) is 73.6 cm³/mol. The summed E-state index contributed by atoms with van der Waals surface area (Å²) in [4.78, 5) is 0. The van der Waals surface area contributed by atoms with Crippen molar-refractivity contribution in [2.75, 3.05) is 5.75 Å². The Labute approximate surface area is 121 Å². The highest BCUT2D eigenvalue weighted by molar-refractivity contribution is 7.98. The lowest BCUT2D eigenvalue weighted by Crippen LogP contribution is -2.30. The molecular formula is C12H11F3N2OS2. The van der Waals surface area contributed by atoms with Gasteiger partial charge in [-0.15, -0.1) is 10.2 Å². The van der Waals surface area contributed by atoms with E-state index in [0.717, 1.165) is 22.3 Å². The van der Waals surface area contributed by atoms with Gasteiger partial charge >= 0.3 is 6.18 Å². The molecule has 20 heavy (non-hydrogen) atoms. The summed E-state index contributed by atoms with van der Waals surface area (Å²) in [7, 11) is 0. The maximum Gasteiger partial charge on any atom is 0.415 e. The summed E-state index contributed by atoms with van der Waals surface area (Å²) >= 11 is 2.33. The fourth-order valence-electron chi connectivity index (χ4n) is 1.36. The van der Waals surface area contributed by atoms with E-state index in [1.165, 1.54) is 11.3 Å². The maximum atomic E-state index is 12.1. The number of hydrogen-bond acceptors (Lipinski definition) is 5. The molecule has 2 rings (SSSR count). The SMILES string of the molecule is OC(CSCc1nnc(-c2ccccc2)s1)C(F)(F)F. The smallest absolute Gasteiger partial charge is 0.383 e. The van der Waals surface area contributed by atoms with Crippen LogP contribution in [0.2, 0.25) is 0 Å². The molecule has 0 amide bonds. The fraction of sp³-hybridized carbons (Fsp3) is 0.333. The number of halogens is 3. The van der Waals surface area contributed by atoms with Gasteiger partial charge in [0.2, 0.25) is 0 Å². The Kier molecular flexibility index (Phi) is 5.00. The average Bonchev–Trinajstić information content (AvgIpc) is 2.87. The van der Waals surface area contributed by atoms with Crippen molar-refractivity contribution in [1.82, 2.24) is 10.2 Å². The molecule has 0 aliphatic rings. The van der Waals surface area contributed by atoms with Gasteiger partial charge in [-0.3, -0.25) is 0 Å². The number of hydrogen-bond donors (Lipinski definition) is 1. The zero-order valence-corrected chi connectivity index (χ0v) is 11.8. The van der Waals surface area contributed by atoms with Crippen molar-refractivity contribution < 1.29 is 18.3 Å². The summed E-state index contributed by atoms with van der Waals surface area (Å²) in [6, 6.07) is 9.44. The normalized spacial score (nSPS) is 13.4. The molecule has 0 aliphatic heterocycles. The summed E-state index contributed by atoms with van der Waals surface area (Å²) in [5.74, 6) is -0.0958. The molecule has 108 valence electrons. The van der Waals surface area contributed by atoms with Crippen LogP contribution < -0.4 is 0 Å². The van der Waals surface area contributed by atoms with Gasteiger partial charge in [0.1, 0.15) is 10.0 Å². The molecule has 1 heterocycles. The molecule has 1 N–H and O–H groups in total. The van der Waals surface area contributed by atoms with Crippen LogP contribution in [0.15, 0.2) is 30.3 Å². The van der Waals surface area contributed by atoms with Crippen molar-refractivity contribution in [1.29, 1.82) is 0 Å². The number of aliphatic hydroxyl groups excluding tert-OH is 1. The molecule has 2 aromatic rings. The topological polar surface area (TPSA) is 46.0 Å². The number of nitrogens with zero attached hydrogens (tertiary/aromatic N) is 2. The lowest BCUT2D eigenvalue weighted by atomic mass is 10.2. The molecule has 8 heteroatoms. The molecule has 0 saturated carbocycles. The Morgan fingerprint density at radius 3 is 2.55 bits per heavy atom. The van der Waals surface area contributed by atoms with Gasteiger partial charge in [0.25, 0.3) is 0 Å². The summed E-state index contributed by atoms with van der Waals surface area (Å²) in [6.45, 7) is 0. The standard InChI is InChI=1S/C12H11F3N2OS2/c13-12(14,15)9(18)6-19-7-10-16-17-11(20-10)8-4-2-1-3-5-8/h1-5,9,18H,6-7H2. The lowest BCUT2D eigenvalue weighted by molar-refractivity contribution is -0.195. The first kappa shape index (κ1) is 15.3. The number of aliphatic hydroxyl groups is 1. The van der Waals surface area contributed by atoms with Crippen molar-refractivity contribution >= 4 is 23.1 Å². The van der Waals surface area contributed by atoms with Crippen LogP contribution in [-0.4, -0.2) is 33.3 Å². The average molecular weight is 320 g/mol. The van der Waals surface area contributed by atoms with Gasteiger partial charge in [-0.25, -0.2) is 0 Å². The van der Waals surface area contributed by atoms with E-state index in [-0.39, 0.29) is 0 Å². The molecule has 1 aromatic carbocycles. The predicted octanol–water partition coefficient (Wildman–Crippen LogP) is 3.36. The highest BCUT2D eigenvalue weighted by Gasteiger charge is 2.37. The van der Waals surface area contributed by atoms with E-state index in [1.807, 2.05) is 30.3 Å². The van der Waals surface area contributed by atoms with E-state index in [0.29, 0.717) is 10.8 Å². The van der Waals surface area contributed by atoms with Crippen molar-refractivity contribution in [3.8, 4) is 10.6 Å². The van der Waals surface area contributed by atoms with Crippen LogP contribution in [0, 0.1) is 0 Å². The van der Waals surface area contributed by atoms with Gasteiger partial charge in [0, 0.05) is 17.1 Å². The third-order valence-corrected chi connectivity index (χ3v) is 4.55. The van der Waals surface area contributed by atoms with Crippen LogP contribution in [0.4, 0.5) is 13.2 Å². The Morgan fingerprint density at radius 1 is 1.20 bits per heavy atom. The first-order valence-electron chi connectivity index (χ1n) is 5.67. The van der Waals surface area contributed by atoms with Crippen LogP contribution in [-0.2, 0) is 5.75 Å². The Morgan fingerprint density at radius 2 is 1.90 bits per heavy atom. The Hall–Kier alpha value is -1.12. The van der Waals surface area contributed by atoms with Crippen molar-refractivity contribution in [2.45, 2.75) is 18.0 Å². The Balaban J connectivity index is 1.88. The molecule has 1 atom stereocenters. The summed E-state index contributed by atoms with van der Waals surface area (Å²) in [5.41, 5.74) is 0.927. The van der Waals surface area contributed by atoms with Gasteiger partial charge in [0.05, 0.1) is 0 Å². The van der Waals surface area contributed by atoms with Crippen molar-refractivity contribution in [3.63, 3.8) is 0 Å². The number of benzene rings is 1. The minimum atomic E-state index is -4.57. The van der Waals surface area contributed by atoms with Gasteiger partial charge in [-0.1, -0.05) is 41.7 Å². The molecule has 3 nitrogen and oxygen atoms in total. The quantitative estimate of drug-likeness (QED) is 0.917. The summed E-state index contributed by atoms with van der Waals surface area (Å²) < 4.78 is 36.3. The summed E-state index contributed by atoms with van der Waals surface area (Å²) in [6.07, 6.45) is -6.86. The van der Waals surface area contributed by atoms with Gasteiger partial charge in [-0.05, 0) is 0 Å². The second kappa shape index (κ2) is 6.55. The van der Waals surface area contributed by atoms with Crippen LogP contribution >= 0.6 is 23.1 Å². The van der Waals surface area contributed by atoms with Crippen LogP contribution in [0.1, 0.15) is 5.01 Å². The molecule has 0 fully saturated rings. The van der Waals surface area contributed by atoms with E-state index in [9.17, 15) is 13.2 Å².